The molecule has 29 heavy (non-hydrogen) atoms. The highest BCUT2D eigenvalue weighted by Crippen LogP contribution is 2.27. The van der Waals surface area contributed by atoms with Gasteiger partial charge in [0.2, 0.25) is 0 Å². The molecule has 2 aromatic carbocycles. The number of carbonyl (C=O) groups excluding carboxylic acids is 3. The minimum absolute atomic E-state index is 0.0100. The van der Waals surface area contributed by atoms with E-state index in [1.165, 1.54) is 30.3 Å². The van der Waals surface area contributed by atoms with Crippen molar-refractivity contribution in [1.29, 1.82) is 0 Å². The van der Waals surface area contributed by atoms with Crippen molar-refractivity contribution < 1.29 is 27.9 Å². The van der Waals surface area contributed by atoms with Crippen molar-refractivity contribution in [3.05, 3.63) is 75.2 Å². The summed E-state index contributed by atoms with van der Waals surface area (Å²) in [6.07, 6.45) is 0.557. The Hall–Kier alpha value is -2.97. The van der Waals surface area contributed by atoms with Gasteiger partial charge in [-0.3, -0.25) is 9.59 Å². The smallest absolute Gasteiger partial charge is 0.340 e. The highest BCUT2D eigenvalue weighted by molar-refractivity contribution is 9.10. The van der Waals surface area contributed by atoms with Crippen LogP contribution in [0.1, 0.15) is 20.9 Å². The van der Waals surface area contributed by atoms with Crippen molar-refractivity contribution >= 4 is 51.4 Å². The summed E-state index contributed by atoms with van der Waals surface area (Å²) in [7, 11) is 0. The van der Waals surface area contributed by atoms with Crippen molar-refractivity contribution in [2.75, 3.05) is 11.9 Å². The summed E-state index contributed by atoms with van der Waals surface area (Å²) in [5.74, 6) is -1.70. The number of hydrogen-bond donors (Lipinski definition) is 1. The molecular weight excluding hydrogens is 469 g/mol. The lowest BCUT2D eigenvalue weighted by Crippen LogP contribution is -2.21. The van der Waals surface area contributed by atoms with Crippen LogP contribution in [-0.2, 0) is 9.53 Å². The number of furan rings is 1. The average molecular weight is 481 g/mol. The second-order valence-electron chi connectivity index (χ2n) is 5.76. The average Bonchev–Trinajstić information content (AvgIpc) is 3.18. The van der Waals surface area contributed by atoms with E-state index in [1.54, 1.807) is 18.2 Å². The molecule has 1 amide bonds. The van der Waals surface area contributed by atoms with Crippen molar-refractivity contribution in [2.24, 2.45) is 0 Å². The van der Waals surface area contributed by atoms with Crippen LogP contribution in [-0.4, -0.2) is 24.8 Å². The van der Waals surface area contributed by atoms with Gasteiger partial charge in [0.1, 0.15) is 11.6 Å². The molecule has 0 unspecified atom stereocenters. The summed E-state index contributed by atoms with van der Waals surface area (Å²) in [6, 6.07) is 11.7. The van der Waals surface area contributed by atoms with Crippen LogP contribution in [0.3, 0.4) is 0 Å². The van der Waals surface area contributed by atoms with Crippen molar-refractivity contribution in [3.8, 4) is 11.3 Å². The number of amides is 1. The van der Waals surface area contributed by atoms with E-state index in [1.807, 2.05) is 0 Å². The van der Waals surface area contributed by atoms with Crippen LogP contribution in [0, 0.1) is 5.82 Å². The molecule has 0 aliphatic heterocycles. The summed E-state index contributed by atoms with van der Waals surface area (Å²) < 4.78 is 24.6. The summed E-state index contributed by atoms with van der Waals surface area (Å²) >= 11 is 9.16. The highest BCUT2D eigenvalue weighted by Gasteiger charge is 2.17. The molecule has 1 heterocycles. The third kappa shape index (κ3) is 5.10. The van der Waals surface area contributed by atoms with E-state index in [-0.39, 0.29) is 22.0 Å². The number of benzene rings is 2. The number of hydrogen-bond acceptors (Lipinski definition) is 5. The van der Waals surface area contributed by atoms with Gasteiger partial charge < -0.3 is 14.5 Å². The Labute approximate surface area is 177 Å². The van der Waals surface area contributed by atoms with E-state index >= 15 is 0 Å². The molecule has 148 valence electrons. The zero-order valence-electron chi connectivity index (χ0n) is 14.6. The first-order valence-corrected chi connectivity index (χ1v) is 9.31. The highest BCUT2D eigenvalue weighted by atomic mass is 79.9. The second-order valence-corrected chi connectivity index (χ2v) is 7.09. The Morgan fingerprint density at radius 1 is 1.17 bits per heavy atom. The van der Waals surface area contributed by atoms with Gasteiger partial charge in [0, 0.05) is 10.0 Å². The van der Waals surface area contributed by atoms with Crippen LogP contribution in [0.5, 0.6) is 0 Å². The van der Waals surface area contributed by atoms with Gasteiger partial charge in [-0.15, -0.1) is 0 Å². The lowest BCUT2D eigenvalue weighted by atomic mass is 10.1. The van der Waals surface area contributed by atoms with Gasteiger partial charge in [0.05, 0.1) is 16.3 Å². The lowest BCUT2D eigenvalue weighted by Gasteiger charge is -2.09. The Morgan fingerprint density at radius 3 is 2.66 bits per heavy atom. The SMILES string of the molecule is O=Cc1ccc(-c2ccc(Cl)c(C(=O)OCC(=O)Nc3ccc(Br)cc3F)c2)o1. The second kappa shape index (κ2) is 9.02. The Bertz CT molecular complexity index is 1100. The number of anilines is 1. The van der Waals surface area contributed by atoms with E-state index < -0.39 is 24.3 Å². The number of ether oxygens (including phenoxy) is 1. The fourth-order valence-corrected chi connectivity index (χ4v) is 2.92. The van der Waals surface area contributed by atoms with Crippen LogP contribution in [0.25, 0.3) is 11.3 Å². The van der Waals surface area contributed by atoms with Gasteiger partial charge in [-0.1, -0.05) is 27.5 Å². The zero-order chi connectivity index (χ0) is 21.0. The standard InChI is InChI=1S/C20H12BrClFNO5/c21-12-2-5-17(16(23)8-12)24-19(26)10-28-20(27)14-7-11(1-4-15(14)22)18-6-3-13(9-25)29-18/h1-9H,10H2,(H,24,26). The lowest BCUT2D eigenvalue weighted by molar-refractivity contribution is -0.119. The molecule has 0 spiro atoms. The van der Waals surface area contributed by atoms with Crippen LogP contribution >= 0.6 is 27.5 Å². The normalized spacial score (nSPS) is 10.4. The van der Waals surface area contributed by atoms with Gasteiger partial charge in [-0.05, 0) is 48.5 Å². The zero-order valence-corrected chi connectivity index (χ0v) is 16.9. The van der Waals surface area contributed by atoms with Gasteiger partial charge in [0.15, 0.2) is 18.7 Å². The topological polar surface area (TPSA) is 85.6 Å². The predicted molar refractivity (Wildman–Crippen MR) is 108 cm³/mol. The summed E-state index contributed by atoms with van der Waals surface area (Å²) in [5, 5.41) is 2.42. The Morgan fingerprint density at radius 2 is 1.97 bits per heavy atom. The minimum atomic E-state index is -0.842. The third-order valence-electron chi connectivity index (χ3n) is 3.75. The molecule has 0 saturated heterocycles. The fourth-order valence-electron chi connectivity index (χ4n) is 2.39. The van der Waals surface area contributed by atoms with E-state index in [4.69, 9.17) is 20.8 Å². The first-order valence-electron chi connectivity index (χ1n) is 8.14. The number of rotatable bonds is 6. The van der Waals surface area contributed by atoms with E-state index in [2.05, 4.69) is 21.2 Å². The molecule has 0 bridgehead atoms. The molecule has 0 atom stereocenters. The number of carbonyl (C=O) groups is 3. The molecule has 0 aliphatic rings. The van der Waals surface area contributed by atoms with Crippen molar-refractivity contribution in [3.63, 3.8) is 0 Å². The fraction of sp³-hybridized carbons (Fsp3) is 0.0500. The monoisotopic (exact) mass is 479 g/mol. The van der Waals surface area contributed by atoms with Crippen molar-refractivity contribution in [1.82, 2.24) is 0 Å². The summed E-state index contributed by atoms with van der Waals surface area (Å²) in [5.41, 5.74) is 0.463. The molecule has 6 nitrogen and oxygen atoms in total. The Balaban J connectivity index is 1.67. The molecule has 0 saturated carbocycles. The van der Waals surface area contributed by atoms with Crippen molar-refractivity contribution in [2.45, 2.75) is 0 Å². The van der Waals surface area contributed by atoms with Crippen LogP contribution < -0.4 is 5.32 Å². The largest absolute Gasteiger partial charge is 0.453 e. The molecule has 0 aliphatic carbocycles. The number of esters is 1. The quantitative estimate of drug-likeness (QED) is 0.391. The van der Waals surface area contributed by atoms with Gasteiger partial charge in [0.25, 0.3) is 5.91 Å². The molecular formula is C20H12BrClFNO5. The number of halogens is 3. The maximum absolute atomic E-state index is 13.8. The first kappa shape index (κ1) is 20.8. The van der Waals surface area contributed by atoms with Crippen LogP contribution in [0.15, 0.2) is 57.4 Å². The number of aldehydes is 1. The maximum atomic E-state index is 13.8. The van der Waals surface area contributed by atoms with E-state index in [0.717, 1.165) is 0 Å². The van der Waals surface area contributed by atoms with E-state index in [0.29, 0.717) is 22.1 Å². The molecule has 9 heteroatoms. The Kier molecular flexibility index (Phi) is 6.46. The molecule has 1 N–H and O–H groups in total. The summed E-state index contributed by atoms with van der Waals surface area (Å²) in [4.78, 5) is 35.0. The maximum Gasteiger partial charge on any atom is 0.340 e. The van der Waals surface area contributed by atoms with Crippen LogP contribution in [0.4, 0.5) is 10.1 Å². The summed E-state index contributed by atoms with van der Waals surface area (Å²) in [6.45, 7) is -0.634. The first-order chi connectivity index (χ1) is 13.9. The molecule has 0 radical (unpaired) electrons. The third-order valence-corrected chi connectivity index (χ3v) is 4.58. The van der Waals surface area contributed by atoms with E-state index in [9.17, 15) is 18.8 Å². The molecule has 3 rings (SSSR count). The molecule has 1 aromatic heterocycles. The predicted octanol–water partition coefficient (Wildman–Crippen LogP) is 5.11. The minimum Gasteiger partial charge on any atom is -0.453 e. The molecule has 3 aromatic rings. The van der Waals surface area contributed by atoms with Crippen LogP contribution in [0.2, 0.25) is 5.02 Å². The van der Waals surface area contributed by atoms with Gasteiger partial charge in [-0.2, -0.15) is 0 Å². The molecule has 0 fully saturated rings. The van der Waals surface area contributed by atoms with Gasteiger partial charge >= 0.3 is 5.97 Å². The van der Waals surface area contributed by atoms with Gasteiger partial charge in [-0.25, -0.2) is 9.18 Å². The number of nitrogens with one attached hydrogen (secondary N) is 1.